The fourth-order valence-corrected chi connectivity index (χ4v) is 3.90. The Morgan fingerprint density at radius 2 is 1.92 bits per heavy atom. The van der Waals surface area contributed by atoms with E-state index in [0.717, 1.165) is 29.2 Å². The first kappa shape index (κ1) is 18.4. The molecule has 0 aliphatic carbocycles. The van der Waals surface area contributed by atoms with Gasteiger partial charge in [-0.3, -0.25) is 4.79 Å². The summed E-state index contributed by atoms with van der Waals surface area (Å²) in [6, 6.07) is 11.8. The monoisotopic (exact) mass is 374 g/mol. The highest BCUT2D eigenvalue weighted by atomic mass is 32.1. The third-order valence-corrected chi connectivity index (χ3v) is 5.37. The average Bonchev–Trinajstić information content (AvgIpc) is 3.14. The van der Waals surface area contributed by atoms with Gasteiger partial charge in [0.25, 0.3) is 5.91 Å². The molecule has 26 heavy (non-hydrogen) atoms. The summed E-state index contributed by atoms with van der Waals surface area (Å²) in [6.45, 7) is 4.46. The molecule has 1 aromatic heterocycles. The minimum Gasteiger partial charge on any atom is -0.448 e. The number of amides is 1. The zero-order valence-electron chi connectivity index (χ0n) is 14.9. The molecule has 0 radical (unpaired) electrons. The van der Waals surface area contributed by atoms with E-state index in [-0.39, 0.29) is 5.91 Å². The third-order valence-electron chi connectivity index (χ3n) is 4.20. The summed E-state index contributed by atoms with van der Waals surface area (Å²) >= 11 is 1.39. The lowest BCUT2D eigenvalue weighted by atomic mass is 10.1. The number of nitrogens with zero attached hydrogens (tertiary/aromatic N) is 1. The van der Waals surface area contributed by atoms with E-state index in [1.807, 2.05) is 36.4 Å². The van der Waals surface area contributed by atoms with Crippen molar-refractivity contribution >= 4 is 28.2 Å². The lowest BCUT2D eigenvalue weighted by molar-refractivity contribution is -0.128. The highest BCUT2D eigenvalue weighted by Crippen LogP contribution is 2.39. The lowest BCUT2D eigenvalue weighted by Crippen LogP contribution is -2.35. The van der Waals surface area contributed by atoms with Gasteiger partial charge in [-0.15, -0.1) is 11.3 Å². The van der Waals surface area contributed by atoms with Crippen molar-refractivity contribution in [3.8, 4) is 11.1 Å². The molecule has 138 valence electrons. The number of esters is 1. The molecule has 1 amide bonds. The number of rotatable bonds is 5. The van der Waals surface area contributed by atoms with Crippen molar-refractivity contribution in [1.82, 2.24) is 5.32 Å². The molecule has 2 heterocycles. The van der Waals surface area contributed by atoms with Crippen molar-refractivity contribution in [2.24, 2.45) is 0 Å². The first-order chi connectivity index (χ1) is 12.6. The maximum absolute atomic E-state index is 12.5. The molecule has 2 aromatic rings. The van der Waals surface area contributed by atoms with Gasteiger partial charge in [-0.1, -0.05) is 30.3 Å². The molecule has 1 fully saturated rings. The van der Waals surface area contributed by atoms with Crippen LogP contribution in [0.15, 0.2) is 36.4 Å². The summed E-state index contributed by atoms with van der Waals surface area (Å²) in [6.07, 6.45) is -0.832. The summed E-state index contributed by atoms with van der Waals surface area (Å²) in [5, 5.41) is 3.51. The topological polar surface area (TPSA) is 67.9 Å². The first-order valence-electron chi connectivity index (χ1n) is 8.54. The number of thiophene rings is 1. The number of nitrogens with one attached hydrogen (secondary N) is 1. The number of likely N-dealkylation sites (N-methyl/N-ethyl adjacent to an activating group) is 1. The first-order valence-corrected chi connectivity index (χ1v) is 9.36. The Balaban J connectivity index is 1.90. The van der Waals surface area contributed by atoms with E-state index in [0.29, 0.717) is 18.1 Å². The average molecular weight is 374 g/mol. The van der Waals surface area contributed by atoms with Gasteiger partial charge in [-0.05, 0) is 18.6 Å². The van der Waals surface area contributed by atoms with E-state index in [2.05, 4.69) is 10.2 Å². The molecule has 0 spiro atoms. The van der Waals surface area contributed by atoms with E-state index in [1.165, 1.54) is 18.4 Å². The Labute approximate surface area is 156 Å². The molecule has 6 nitrogen and oxygen atoms in total. The van der Waals surface area contributed by atoms with Crippen LogP contribution in [0.25, 0.3) is 11.1 Å². The summed E-state index contributed by atoms with van der Waals surface area (Å²) in [7, 11) is 1.52. The van der Waals surface area contributed by atoms with Crippen molar-refractivity contribution < 1.29 is 19.1 Å². The molecule has 1 N–H and O–H groups in total. The fraction of sp³-hybridized carbons (Fsp3) is 0.368. The molecule has 1 aliphatic rings. The molecular formula is C19H22N2O4S. The number of benzene rings is 1. The molecule has 0 bridgehead atoms. The highest BCUT2D eigenvalue weighted by molar-refractivity contribution is 7.18. The second-order valence-electron chi connectivity index (χ2n) is 5.96. The zero-order chi connectivity index (χ0) is 18.5. The van der Waals surface area contributed by atoms with Gasteiger partial charge in [-0.25, -0.2) is 4.79 Å². The van der Waals surface area contributed by atoms with Crippen LogP contribution in [-0.4, -0.2) is 51.3 Å². The Hall–Kier alpha value is -2.38. The molecule has 1 saturated heterocycles. The highest BCUT2D eigenvalue weighted by Gasteiger charge is 2.24. The molecule has 1 aliphatic heterocycles. The van der Waals surface area contributed by atoms with E-state index in [9.17, 15) is 9.59 Å². The summed E-state index contributed by atoms with van der Waals surface area (Å²) < 4.78 is 10.7. The van der Waals surface area contributed by atoms with E-state index in [4.69, 9.17) is 9.47 Å². The van der Waals surface area contributed by atoms with Crippen molar-refractivity contribution in [3.05, 3.63) is 41.3 Å². The van der Waals surface area contributed by atoms with Crippen LogP contribution >= 0.6 is 11.3 Å². The SMILES string of the molecule is CNC(=O)C(C)OC(=O)c1cc(-c2ccccc2)c(N2CCOCC2)s1. The van der Waals surface area contributed by atoms with Crippen LogP contribution in [0.2, 0.25) is 0 Å². The van der Waals surface area contributed by atoms with Crippen LogP contribution in [0.5, 0.6) is 0 Å². The lowest BCUT2D eigenvalue weighted by Gasteiger charge is -2.28. The maximum Gasteiger partial charge on any atom is 0.349 e. The number of hydrogen-bond acceptors (Lipinski definition) is 6. The Kier molecular flexibility index (Phi) is 5.90. The van der Waals surface area contributed by atoms with E-state index < -0.39 is 12.1 Å². The van der Waals surface area contributed by atoms with Crippen LogP contribution in [0, 0.1) is 0 Å². The molecule has 7 heteroatoms. The minimum absolute atomic E-state index is 0.327. The van der Waals surface area contributed by atoms with E-state index >= 15 is 0 Å². The van der Waals surface area contributed by atoms with Crippen LogP contribution < -0.4 is 10.2 Å². The Morgan fingerprint density at radius 1 is 1.23 bits per heavy atom. The van der Waals surface area contributed by atoms with Crippen molar-refractivity contribution in [2.45, 2.75) is 13.0 Å². The van der Waals surface area contributed by atoms with Gasteiger partial charge in [0.05, 0.1) is 18.2 Å². The number of carbonyl (C=O) groups is 2. The van der Waals surface area contributed by atoms with Crippen LogP contribution in [0.3, 0.4) is 0 Å². The van der Waals surface area contributed by atoms with Gasteiger partial charge in [-0.2, -0.15) is 0 Å². The summed E-state index contributed by atoms with van der Waals surface area (Å²) in [5.74, 6) is -0.811. The van der Waals surface area contributed by atoms with Crippen molar-refractivity contribution in [2.75, 3.05) is 38.3 Å². The second-order valence-corrected chi connectivity index (χ2v) is 6.99. The van der Waals surface area contributed by atoms with Gasteiger partial charge in [0.1, 0.15) is 4.88 Å². The summed E-state index contributed by atoms with van der Waals surface area (Å²) in [4.78, 5) is 26.9. The van der Waals surface area contributed by atoms with Gasteiger partial charge in [0.15, 0.2) is 6.10 Å². The molecule has 1 unspecified atom stereocenters. The van der Waals surface area contributed by atoms with Gasteiger partial charge < -0.3 is 19.7 Å². The van der Waals surface area contributed by atoms with E-state index in [1.54, 1.807) is 6.92 Å². The number of ether oxygens (including phenoxy) is 2. The van der Waals surface area contributed by atoms with Gasteiger partial charge in [0, 0.05) is 25.7 Å². The van der Waals surface area contributed by atoms with Gasteiger partial charge in [0.2, 0.25) is 0 Å². The number of hydrogen-bond donors (Lipinski definition) is 1. The van der Waals surface area contributed by atoms with Gasteiger partial charge >= 0.3 is 5.97 Å². The zero-order valence-corrected chi connectivity index (χ0v) is 15.7. The third kappa shape index (κ3) is 4.05. The standard InChI is InChI=1S/C19H22N2O4S/c1-13(17(22)20-2)25-19(23)16-12-15(14-6-4-3-5-7-14)18(26-16)21-8-10-24-11-9-21/h3-7,12-13H,8-11H2,1-2H3,(H,20,22). The van der Waals surface area contributed by atoms with Crippen LogP contribution in [0.1, 0.15) is 16.6 Å². The molecule has 1 aromatic carbocycles. The molecule has 3 rings (SSSR count). The van der Waals surface area contributed by atoms with Crippen LogP contribution in [-0.2, 0) is 14.3 Å². The number of carbonyl (C=O) groups excluding carboxylic acids is 2. The molecule has 0 saturated carbocycles. The normalized spacial score (nSPS) is 15.4. The molecular weight excluding hydrogens is 352 g/mol. The quantitative estimate of drug-likeness (QED) is 0.815. The van der Waals surface area contributed by atoms with Crippen molar-refractivity contribution in [1.29, 1.82) is 0 Å². The smallest absolute Gasteiger partial charge is 0.349 e. The second kappa shape index (κ2) is 8.33. The number of morpholine rings is 1. The minimum atomic E-state index is -0.832. The van der Waals surface area contributed by atoms with Crippen molar-refractivity contribution in [3.63, 3.8) is 0 Å². The predicted octanol–water partition coefficient (Wildman–Crippen LogP) is 2.54. The maximum atomic E-state index is 12.5. The number of anilines is 1. The fourth-order valence-electron chi connectivity index (χ4n) is 2.78. The Morgan fingerprint density at radius 3 is 2.58 bits per heavy atom. The molecule has 1 atom stereocenters. The largest absolute Gasteiger partial charge is 0.448 e. The Bertz CT molecular complexity index is 769. The predicted molar refractivity (Wildman–Crippen MR) is 102 cm³/mol. The van der Waals surface area contributed by atoms with Crippen LogP contribution in [0.4, 0.5) is 5.00 Å². The summed E-state index contributed by atoms with van der Waals surface area (Å²) in [5.41, 5.74) is 2.04.